The molecular weight excluding hydrogens is 586 g/mol. The van der Waals surface area contributed by atoms with Crippen molar-refractivity contribution in [3.63, 3.8) is 0 Å². The van der Waals surface area contributed by atoms with Crippen molar-refractivity contribution in [2.24, 2.45) is 0 Å². The van der Waals surface area contributed by atoms with Crippen molar-refractivity contribution in [2.75, 3.05) is 35.2 Å². The monoisotopic (exact) mass is 605 g/mol. The van der Waals surface area contributed by atoms with E-state index in [0.717, 1.165) is 34.0 Å². The molecule has 16 heteroatoms. The van der Waals surface area contributed by atoms with Crippen molar-refractivity contribution in [2.45, 2.75) is 8.42 Å². The topological polar surface area (TPSA) is 129 Å². The first-order valence-corrected chi connectivity index (χ1v) is 15.8. The number of hydrogen-bond donors (Lipinski definition) is 2. The summed E-state index contributed by atoms with van der Waals surface area (Å²) in [4.78, 5) is 18.6. The molecule has 0 aliphatic carbocycles. The molecule has 2 N–H and O–H groups in total. The number of amides is 2. The quantitative estimate of drug-likeness (QED) is 0.341. The van der Waals surface area contributed by atoms with Gasteiger partial charge in [0.1, 0.15) is 8.42 Å². The molecule has 0 atom stereocenters. The molecule has 2 amide bonds. The van der Waals surface area contributed by atoms with E-state index in [4.69, 9.17) is 0 Å². The first-order chi connectivity index (χ1) is 16.8. The molecule has 4 aromatic rings. The molecule has 36 heavy (non-hydrogen) atoms. The molecular formula is C20H20ClN5O5S5. The Morgan fingerprint density at radius 2 is 1.58 bits per heavy atom. The number of thiazole rings is 1. The van der Waals surface area contributed by atoms with Crippen LogP contribution in [-0.2, 0) is 20.0 Å². The summed E-state index contributed by atoms with van der Waals surface area (Å²) >= 11 is 3.02. The standard InChI is InChI=1S/C20H19N5O5S5.ClH/c26-20(24-9-7-21-8-10-24)23-19-22-15-6-5-14(13-16(15)33-19)25(34(27,28)17-3-1-11-31-17)35(29,30)18-4-2-12-32-18;/h1-6,11-13,21H,7-10H2,(H,22,23,26);1H. The third-order valence-electron chi connectivity index (χ3n) is 5.14. The van der Waals surface area contributed by atoms with Crippen LogP contribution in [0.1, 0.15) is 0 Å². The molecule has 10 nitrogen and oxygen atoms in total. The van der Waals surface area contributed by atoms with E-state index in [1.54, 1.807) is 33.9 Å². The van der Waals surface area contributed by atoms with Crippen molar-refractivity contribution >= 4 is 93.5 Å². The molecule has 192 valence electrons. The zero-order valence-corrected chi connectivity index (χ0v) is 23.3. The van der Waals surface area contributed by atoms with Crippen molar-refractivity contribution in [3.05, 3.63) is 53.2 Å². The number of aromatic nitrogens is 1. The zero-order chi connectivity index (χ0) is 24.6. The second-order valence-corrected chi connectivity index (χ2v) is 14.6. The van der Waals surface area contributed by atoms with Gasteiger partial charge in [-0.1, -0.05) is 23.5 Å². The summed E-state index contributed by atoms with van der Waals surface area (Å²) in [5.74, 6) is 0. The highest BCUT2D eigenvalue weighted by Gasteiger charge is 2.38. The highest BCUT2D eigenvalue weighted by atomic mass is 35.5. The molecule has 0 radical (unpaired) electrons. The maximum atomic E-state index is 13.5. The van der Waals surface area contributed by atoms with Gasteiger partial charge in [0.15, 0.2) is 5.13 Å². The number of urea groups is 1. The van der Waals surface area contributed by atoms with Gasteiger partial charge in [-0.15, -0.1) is 35.1 Å². The number of anilines is 2. The first kappa shape index (κ1) is 26.8. The largest absolute Gasteiger partial charge is 0.323 e. The lowest BCUT2D eigenvalue weighted by Crippen LogP contribution is -2.48. The summed E-state index contributed by atoms with van der Waals surface area (Å²) < 4.78 is 54.7. The number of benzene rings is 1. The number of nitrogens with one attached hydrogen (secondary N) is 2. The van der Waals surface area contributed by atoms with Crippen molar-refractivity contribution in [1.29, 1.82) is 0 Å². The third-order valence-corrected chi connectivity index (χ3v) is 13.0. The Balaban J connectivity index is 0.00000304. The van der Waals surface area contributed by atoms with E-state index in [0.29, 0.717) is 45.2 Å². The molecule has 0 saturated carbocycles. The van der Waals surface area contributed by atoms with Gasteiger partial charge in [0, 0.05) is 26.2 Å². The lowest BCUT2D eigenvalue weighted by atomic mass is 10.3. The Morgan fingerprint density at radius 1 is 0.972 bits per heavy atom. The van der Waals surface area contributed by atoms with E-state index in [9.17, 15) is 21.6 Å². The van der Waals surface area contributed by atoms with Gasteiger partial charge >= 0.3 is 6.03 Å². The summed E-state index contributed by atoms with van der Waals surface area (Å²) in [5.41, 5.74) is 0.472. The van der Waals surface area contributed by atoms with Gasteiger partial charge in [-0.05, 0) is 41.1 Å². The van der Waals surface area contributed by atoms with Crippen LogP contribution in [0, 0.1) is 0 Å². The Labute approximate surface area is 226 Å². The number of carbonyl (C=O) groups is 1. The average Bonchev–Trinajstić information content (AvgIpc) is 3.61. The number of hydrogen-bond acceptors (Lipinski definition) is 10. The second-order valence-electron chi connectivity index (χ2n) is 7.41. The lowest BCUT2D eigenvalue weighted by Gasteiger charge is -2.26. The summed E-state index contributed by atoms with van der Waals surface area (Å²) in [6.45, 7) is 2.59. The third kappa shape index (κ3) is 5.09. The molecule has 1 saturated heterocycles. The number of piperazine rings is 1. The van der Waals surface area contributed by atoms with Crippen LogP contribution < -0.4 is 14.3 Å². The molecule has 5 rings (SSSR count). The first-order valence-electron chi connectivity index (χ1n) is 10.3. The maximum Gasteiger partial charge on any atom is 0.323 e. The summed E-state index contributed by atoms with van der Waals surface area (Å²) in [6, 6.07) is 9.97. The molecule has 4 heterocycles. The molecule has 0 unspecified atom stereocenters. The summed E-state index contributed by atoms with van der Waals surface area (Å²) in [6.07, 6.45) is 0. The number of carbonyl (C=O) groups excluding carboxylic acids is 1. The fourth-order valence-electron chi connectivity index (χ4n) is 3.51. The molecule has 1 aliphatic heterocycles. The van der Waals surface area contributed by atoms with Gasteiger partial charge in [0.05, 0.1) is 15.9 Å². The van der Waals surface area contributed by atoms with Gasteiger partial charge in [0.2, 0.25) is 0 Å². The molecule has 3 aromatic heterocycles. The van der Waals surface area contributed by atoms with Crippen LogP contribution in [0.15, 0.2) is 61.6 Å². The van der Waals surface area contributed by atoms with Crippen LogP contribution in [-0.4, -0.2) is 58.9 Å². The van der Waals surface area contributed by atoms with E-state index in [1.807, 2.05) is 0 Å². The number of thiophene rings is 2. The predicted octanol–water partition coefficient (Wildman–Crippen LogP) is 3.86. The van der Waals surface area contributed by atoms with Crippen molar-refractivity contribution in [1.82, 2.24) is 15.2 Å². The van der Waals surface area contributed by atoms with Crippen LogP contribution in [0.25, 0.3) is 10.2 Å². The van der Waals surface area contributed by atoms with E-state index < -0.39 is 20.0 Å². The van der Waals surface area contributed by atoms with Gasteiger partial charge in [-0.3, -0.25) is 5.32 Å². The minimum atomic E-state index is -4.42. The van der Waals surface area contributed by atoms with E-state index in [-0.39, 0.29) is 32.5 Å². The summed E-state index contributed by atoms with van der Waals surface area (Å²) in [7, 11) is -8.83. The SMILES string of the molecule is Cl.O=C(Nc1nc2ccc(N(S(=O)(=O)c3cccs3)S(=O)(=O)c3cccs3)cc2s1)N1CCNCC1. The van der Waals surface area contributed by atoms with Gasteiger partial charge in [0.25, 0.3) is 20.0 Å². The Bertz CT molecular complexity index is 1500. The van der Waals surface area contributed by atoms with E-state index in [2.05, 4.69) is 15.6 Å². The van der Waals surface area contributed by atoms with Gasteiger partial charge < -0.3 is 10.2 Å². The number of rotatable bonds is 6. The fourth-order valence-corrected chi connectivity index (χ4v) is 10.5. The lowest BCUT2D eigenvalue weighted by molar-refractivity contribution is 0.204. The molecule has 1 fully saturated rings. The van der Waals surface area contributed by atoms with Crippen molar-refractivity contribution in [3.8, 4) is 0 Å². The Hall–Kier alpha value is -2.27. The van der Waals surface area contributed by atoms with E-state index in [1.165, 1.54) is 24.3 Å². The molecule has 1 aliphatic rings. The van der Waals surface area contributed by atoms with Crippen LogP contribution in [0.3, 0.4) is 0 Å². The van der Waals surface area contributed by atoms with Gasteiger partial charge in [-0.2, -0.15) is 20.5 Å². The number of sulfonamides is 2. The second kappa shape index (κ2) is 10.6. The minimum Gasteiger partial charge on any atom is -0.322 e. The fraction of sp³-hybridized carbons (Fsp3) is 0.200. The predicted molar refractivity (Wildman–Crippen MR) is 146 cm³/mol. The average molecular weight is 606 g/mol. The summed E-state index contributed by atoms with van der Waals surface area (Å²) in [5, 5.41) is 9.44. The molecule has 1 aromatic carbocycles. The van der Waals surface area contributed by atoms with Crippen molar-refractivity contribution < 1.29 is 21.6 Å². The zero-order valence-electron chi connectivity index (χ0n) is 18.4. The number of nitrogens with zero attached hydrogens (tertiary/aromatic N) is 3. The molecule has 0 bridgehead atoms. The van der Waals surface area contributed by atoms with Crippen LogP contribution in [0.2, 0.25) is 0 Å². The van der Waals surface area contributed by atoms with Crippen LogP contribution in [0.4, 0.5) is 15.6 Å². The highest BCUT2D eigenvalue weighted by Crippen LogP contribution is 2.37. The normalized spacial score (nSPS) is 14.4. The molecule has 0 spiro atoms. The minimum absolute atomic E-state index is 0. The Morgan fingerprint density at radius 3 is 2.14 bits per heavy atom. The van der Waals surface area contributed by atoms with E-state index >= 15 is 0 Å². The number of halogens is 1. The maximum absolute atomic E-state index is 13.5. The van der Waals surface area contributed by atoms with Crippen LogP contribution in [0.5, 0.6) is 0 Å². The van der Waals surface area contributed by atoms with Crippen LogP contribution >= 0.6 is 46.4 Å². The Kier molecular flexibility index (Phi) is 7.89. The smallest absolute Gasteiger partial charge is 0.322 e. The highest BCUT2D eigenvalue weighted by molar-refractivity contribution is 8.11. The van der Waals surface area contributed by atoms with Gasteiger partial charge in [-0.25, -0.2) is 9.78 Å². The number of fused-ring (bicyclic) bond motifs is 1.